The summed E-state index contributed by atoms with van der Waals surface area (Å²) in [6.45, 7) is 3.98. The zero-order valence-electron chi connectivity index (χ0n) is 7.87. The molecule has 0 bridgehead atoms. The summed E-state index contributed by atoms with van der Waals surface area (Å²) >= 11 is 3.23. The molecule has 0 aromatic carbocycles. The zero-order chi connectivity index (χ0) is 10.3. The molecule has 76 valence electrons. The van der Waals surface area contributed by atoms with Crippen LogP contribution in [0, 0.1) is 0 Å². The molecule has 0 amide bonds. The largest absolute Gasteiger partial charge is 0.390 e. The first-order valence-corrected chi connectivity index (χ1v) is 5.14. The second-order valence-corrected chi connectivity index (χ2v) is 4.22. The van der Waals surface area contributed by atoms with Crippen LogP contribution in [-0.2, 0) is 0 Å². The maximum Gasteiger partial charge on any atom is 0.0913 e. The van der Waals surface area contributed by atoms with E-state index in [1.54, 1.807) is 0 Å². The molecule has 4 heteroatoms. The van der Waals surface area contributed by atoms with Crippen molar-refractivity contribution in [3.05, 3.63) is 11.9 Å². The second-order valence-electron chi connectivity index (χ2n) is 2.78. The Morgan fingerprint density at radius 1 is 1.69 bits per heavy atom. The van der Waals surface area contributed by atoms with Crippen molar-refractivity contribution in [2.75, 3.05) is 6.54 Å². The molecule has 0 aliphatic rings. The predicted octanol–water partition coefficient (Wildman–Crippen LogP) is 2.46. The average Bonchev–Trinajstić information content (AvgIpc) is 2.12. The lowest BCUT2D eigenvalue weighted by Gasteiger charge is -2.08. The second kappa shape index (κ2) is 7.21. The van der Waals surface area contributed by atoms with Crippen LogP contribution in [0.25, 0.3) is 0 Å². The van der Waals surface area contributed by atoms with E-state index >= 15 is 0 Å². The Bertz CT molecular complexity index is 192. The smallest absolute Gasteiger partial charge is 0.0913 e. The van der Waals surface area contributed by atoms with Crippen LogP contribution in [-0.4, -0.2) is 28.8 Å². The monoisotopic (exact) mass is 251 g/mol. The molecule has 2 atom stereocenters. The van der Waals surface area contributed by atoms with E-state index < -0.39 is 6.10 Å². The average molecular weight is 252 g/mol. The molecule has 0 aliphatic carbocycles. The maximum atomic E-state index is 12.0. The minimum atomic E-state index is -0.519. The SMILES string of the molecule is CC/C(C=NC[C@@H](O)C(C)Br)=C/F. The minimum Gasteiger partial charge on any atom is -0.390 e. The lowest BCUT2D eigenvalue weighted by molar-refractivity contribution is 0.187. The fraction of sp³-hybridized carbons (Fsp3) is 0.667. The normalized spacial score (nSPS) is 17.8. The van der Waals surface area contributed by atoms with Crippen LogP contribution < -0.4 is 0 Å². The lowest BCUT2D eigenvalue weighted by Crippen LogP contribution is -2.20. The molecule has 0 heterocycles. The van der Waals surface area contributed by atoms with Crippen molar-refractivity contribution in [1.29, 1.82) is 0 Å². The number of halogens is 2. The molecule has 2 nitrogen and oxygen atoms in total. The summed E-state index contributed by atoms with van der Waals surface area (Å²) in [5.41, 5.74) is 0.537. The van der Waals surface area contributed by atoms with E-state index in [2.05, 4.69) is 20.9 Å². The van der Waals surface area contributed by atoms with E-state index in [1.807, 2.05) is 13.8 Å². The first-order valence-electron chi connectivity index (χ1n) is 4.23. The summed E-state index contributed by atoms with van der Waals surface area (Å²) in [6, 6.07) is 0. The standard InChI is InChI=1S/C9H15BrFNO/c1-3-8(4-11)5-12-6-9(13)7(2)10/h4-5,7,9,13H,3,6H2,1-2H3/b8-4-,12-5?/t7?,9-/m1/s1. The van der Waals surface area contributed by atoms with Gasteiger partial charge in [0.1, 0.15) is 0 Å². The van der Waals surface area contributed by atoms with Crippen LogP contribution in [0.15, 0.2) is 16.9 Å². The minimum absolute atomic E-state index is 0.00378. The van der Waals surface area contributed by atoms with E-state index in [-0.39, 0.29) is 4.83 Å². The van der Waals surface area contributed by atoms with Crippen molar-refractivity contribution >= 4 is 22.1 Å². The first kappa shape index (κ1) is 12.8. The topological polar surface area (TPSA) is 32.6 Å². The van der Waals surface area contributed by atoms with Gasteiger partial charge in [0.25, 0.3) is 0 Å². The Morgan fingerprint density at radius 3 is 2.69 bits per heavy atom. The van der Waals surface area contributed by atoms with Gasteiger partial charge in [-0.25, -0.2) is 4.39 Å². The number of aliphatic hydroxyl groups excluding tert-OH is 1. The number of nitrogens with zero attached hydrogens (tertiary/aromatic N) is 1. The van der Waals surface area contributed by atoms with Gasteiger partial charge in [-0.05, 0) is 12.0 Å². The van der Waals surface area contributed by atoms with Crippen molar-refractivity contribution < 1.29 is 9.50 Å². The maximum absolute atomic E-state index is 12.0. The lowest BCUT2D eigenvalue weighted by atomic mass is 10.2. The molecule has 13 heavy (non-hydrogen) atoms. The molecule has 0 aromatic rings. The fourth-order valence-corrected chi connectivity index (χ4v) is 0.787. The van der Waals surface area contributed by atoms with Crippen molar-refractivity contribution in [2.45, 2.75) is 31.2 Å². The van der Waals surface area contributed by atoms with Gasteiger partial charge in [0, 0.05) is 11.0 Å². The summed E-state index contributed by atoms with van der Waals surface area (Å²) in [7, 11) is 0. The highest BCUT2D eigenvalue weighted by atomic mass is 79.9. The fourth-order valence-electron chi connectivity index (χ4n) is 0.620. The highest BCUT2D eigenvalue weighted by molar-refractivity contribution is 9.09. The van der Waals surface area contributed by atoms with Gasteiger partial charge in [0.15, 0.2) is 0 Å². The molecule has 0 radical (unpaired) electrons. The summed E-state index contributed by atoms with van der Waals surface area (Å²) < 4.78 is 12.0. The van der Waals surface area contributed by atoms with Crippen LogP contribution in [0.1, 0.15) is 20.3 Å². The third-order valence-electron chi connectivity index (χ3n) is 1.63. The summed E-state index contributed by atoms with van der Waals surface area (Å²) in [6.07, 6.45) is 2.08. The van der Waals surface area contributed by atoms with Gasteiger partial charge >= 0.3 is 0 Å². The number of aliphatic imine (C=N–C) groups is 1. The Balaban J connectivity index is 3.87. The molecule has 1 N–H and O–H groups in total. The highest BCUT2D eigenvalue weighted by Crippen LogP contribution is 2.04. The van der Waals surface area contributed by atoms with Gasteiger partial charge in [-0.15, -0.1) is 0 Å². The van der Waals surface area contributed by atoms with Crippen molar-refractivity contribution in [3.8, 4) is 0 Å². The summed E-state index contributed by atoms with van der Waals surface area (Å²) in [5, 5.41) is 9.31. The molecule has 0 fully saturated rings. The van der Waals surface area contributed by atoms with E-state index in [0.29, 0.717) is 24.9 Å². The number of aliphatic hydroxyl groups is 1. The molecular weight excluding hydrogens is 237 g/mol. The highest BCUT2D eigenvalue weighted by Gasteiger charge is 2.08. The summed E-state index contributed by atoms with van der Waals surface area (Å²) in [4.78, 5) is 3.93. The van der Waals surface area contributed by atoms with Crippen molar-refractivity contribution in [3.63, 3.8) is 0 Å². The van der Waals surface area contributed by atoms with Crippen molar-refractivity contribution in [2.24, 2.45) is 4.99 Å². The molecule has 0 rings (SSSR count). The van der Waals surface area contributed by atoms with Gasteiger partial charge in [-0.1, -0.05) is 29.8 Å². The molecule has 0 aliphatic heterocycles. The van der Waals surface area contributed by atoms with E-state index in [9.17, 15) is 9.50 Å². The summed E-state index contributed by atoms with van der Waals surface area (Å²) in [5.74, 6) is 0. The number of hydrogen-bond acceptors (Lipinski definition) is 2. The van der Waals surface area contributed by atoms with Crippen LogP contribution in [0.3, 0.4) is 0 Å². The van der Waals surface area contributed by atoms with Crippen LogP contribution in [0.4, 0.5) is 4.39 Å². The predicted molar refractivity (Wildman–Crippen MR) is 57.2 cm³/mol. The molecule has 0 saturated carbocycles. The Morgan fingerprint density at radius 2 is 2.31 bits per heavy atom. The quantitative estimate of drug-likeness (QED) is 0.591. The number of rotatable bonds is 5. The van der Waals surface area contributed by atoms with Gasteiger partial charge in [-0.3, -0.25) is 4.99 Å². The van der Waals surface area contributed by atoms with Crippen molar-refractivity contribution in [1.82, 2.24) is 0 Å². The van der Waals surface area contributed by atoms with Crippen LogP contribution >= 0.6 is 15.9 Å². The van der Waals surface area contributed by atoms with E-state index in [1.165, 1.54) is 6.21 Å². The first-order chi connectivity index (χ1) is 6.11. The van der Waals surface area contributed by atoms with Crippen LogP contribution in [0.5, 0.6) is 0 Å². The Labute approximate surface area is 86.7 Å². The number of alkyl halides is 1. The zero-order valence-corrected chi connectivity index (χ0v) is 9.46. The van der Waals surface area contributed by atoms with Gasteiger partial charge in [0.2, 0.25) is 0 Å². The number of hydrogen-bond donors (Lipinski definition) is 1. The third kappa shape index (κ3) is 5.93. The molecule has 0 saturated heterocycles. The molecule has 0 aromatic heterocycles. The van der Waals surface area contributed by atoms with E-state index in [0.717, 1.165) is 0 Å². The molecular formula is C9H15BrFNO. The molecule has 1 unspecified atom stereocenters. The van der Waals surface area contributed by atoms with E-state index in [4.69, 9.17) is 0 Å². The van der Waals surface area contributed by atoms with Gasteiger partial charge in [-0.2, -0.15) is 0 Å². The number of allylic oxidation sites excluding steroid dienone is 1. The Hall–Kier alpha value is -0.220. The van der Waals surface area contributed by atoms with Gasteiger partial charge in [0.05, 0.1) is 19.0 Å². The van der Waals surface area contributed by atoms with Crippen LogP contribution in [0.2, 0.25) is 0 Å². The van der Waals surface area contributed by atoms with Gasteiger partial charge < -0.3 is 5.11 Å². The third-order valence-corrected chi connectivity index (χ3v) is 2.24. The Kier molecular flexibility index (Phi) is 7.09. The molecule has 0 spiro atoms.